The van der Waals surface area contributed by atoms with Crippen molar-refractivity contribution in [3.63, 3.8) is 0 Å². The number of carbonyl (C=O) groups excluding carboxylic acids is 3. The highest BCUT2D eigenvalue weighted by Gasteiger charge is 2.34. The molecule has 0 atom stereocenters. The molecule has 18 heavy (non-hydrogen) atoms. The lowest BCUT2D eigenvalue weighted by Gasteiger charge is -2.00. The van der Waals surface area contributed by atoms with E-state index in [1.54, 1.807) is 18.2 Å². The number of rotatable bonds is 1. The first-order valence-electron chi connectivity index (χ1n) is 5.08. The molecule has 2 heterocycles. The maximum atomic E-state index is 11.5. The molecule has 0 N–H and O–H groups in total. The van der Waals surface area contributed by atoms with Gasteiger partial charge >= 0.3 is 17.9 Å². The fraction of sp³-hybridized carbons (Fsp3) is 0.0833. The molecule has 0 radical (unpaired) electrons. The normalized spacial score (nSPS) is 13.6. The zero-order chi connectivity index (χ0) is 12.9. The highest BCUT2D eigenvalue weighted by Crippen LogP contribution is 2.37. The van der Waals surface area contributed by atoms with E-state index in [1.807, 2.05) is 0 Å². The molecule has 0 saturated carbocycles. The van der Waals surface area contributed by atoms with Crippen LogP contribution in [-0.2, 0) is 9.53 Å². The van der Waals surface area contributed by atoms with E-state index in [1.165, 1.54) is 6.92 Å². The van der Waals surface area contributed by atoms with Crippen LogP contribution < -0.4 is 4.74 Å². The molecular weight excluding hydrogens is 256 g/mol. The lowest BCUT2D eigenvalue weighted by Crippen LogP contribution is -2.01. The number of cyclic esters (lactones) is 2. The fourth-order valence-electron chi connectivity index (χ4n) is 1.83. The van der Waals surface area contributed by atoms with Crippen LogP contribution in [0.3, 0.4) is 0 Å². The van der Waals surface area contributed by atoms with Crippen LogP contribution in [0.4, 0.5) is 0 Å². The van der Waals surface area contributed by atoms with Gasteiger partial charge in [-0.15, -0.1) is 11.3 Å². The van der Waals surface area contributed by atoms with Gasteiger partial charge < -0.3 is 9.47 Å². The molecule has 1 aromatic heterocycles. The number of hydrogen-bond acceptors (Lipinski definition) is 6. The van der Waals surface area contributed by atoms with Crippen LogP contribution in [0.5, 0.6) is 5.75 Å². The number of carbonyl (C=O) groups is 3. The topological polar surface area (TPSA) is 69.7 Å². The molecule has 1 aliphatic heterocycles. The van der Waals surface area contributed by atoms with Gasteiger partial charge in [0, 0.05) is 17.0 Å². The van der Waals surface area contributed by atoms with Crippen LogP contribution >= 0.6 is 11.3 Å². The molecule has 0 amide bonds. The van der Waals surface area contributed by atoms with E-state index in [9.17, 15) is 14.4 Å². The second-order valence-electron chi connectivity index (χ2n) is 3.73. The van der Waals surface area contributed by atoms with Gasteiger partial charge in [0.25, 0.3) is 0 Å². The van der Waals surface area contributed by atoms with Crippen molar-refractivity contribution in [1.29, 1.82) is 0 Å². The molecule has 3 rings (SSSR count). The highest BCUT2D eigenvalue weighted by molar-refractivity contribution is 7.21. The van der Waals surface area contributed by atoms with Crippen molar-refractivity contribution >= 4 is 39.3 Å². The Hall–Kier alpha value is -2.21. The highest BCUT2D eigenvalue weighted by atomic mass is 32.1. The smallest absolute Gasteiger partial charge is 0.357 e. The van der Waals surface area contributed by atoms with Crippen LogP contribution in [0, 0.1) is 0 Å². The van der Waals surface area contributed by atoms with Crippen LogP contribution in [-0.4, -0.2) is 17.9 Å². The molecule has 1 aromatic carbocycles. The van der Waals surface area contributed by atoms with Crippen LogP contribution in [0.1, 0.15) is 27.0 Å². The second-order valence-corrected chi connectivity index (χ2v) is 4.79. The molecule has 0 fully saturated rings. The number of fused-ring (bicyclic) bond motifs is 3. The number of ether oxygens (including phenoxy) is 2. The van der Waals surface area contributed by atoms with Gasteiger partial charge in [-0.2, -0.15) is 0 Å². The first-order valence-corrected chi connectivity index (χ1v) is 5.89. The summed E-state index contributed by atoms with van der Waals surface area (Å²) in [6.45, 7) is 1.31. The van der Waals surface area contributed by atoms with Crippen molar-refractivity contribution < 1.29 is 23.9 Å². The molecule has 0 aliphatic carbocycles. The Morgan fingerprint density at radius 3 is 2.78 bits per heavy atom. The summed E-state index contributed by atoms with van der Waals surface area (Å²) >= 11 is 1.15. The summed E-state index contributed by atoms with van der Waals surface area (Å²) in [5.41, 5.74) is 0.300. The van der Waals surface area contributed by atoms with Gasteiger partial charge in [-0.3, -0.25) is 4.79 Å². The standard InChI is InChI=1S/C12H6O5S/c1-5(13)16-6-2-3-7-8(4-6)18-10-9(7)11(14)17-12(10)15/h2-4H,1H3. The summed E-state index contributed by atoms with van der Waals surface area (Å²) in [6.07, 6.45) is 0. The Balaban J connectivity index is 2.18. The first kappa shape index (κ1) is 10.9. The van der Waals surface area contributed by atoms with E-state index >= 15 is 0 Å². The molecule has 0 saturated heterocycles. The zero-order valence-electron chi connectivity index (χ0n) is 9.18. The zero-order valence-corrected chi connectivity index (χ0v) is 10.00. The largest absolute Gasteiger partial charge is 0.427 e. The summed E-state index contributed by atoms with van der Waals surface area (Å²) in [4.78, 5) is 34.0. The lowest BCUT2D eigenvalue weighted by atomic mass is 10.1. The van der Waals surface area contributed by atoms with Gasteiger partial charge in [-0.05, 0) is 18.2 Å². The van der Waals surface area contributed by atoms with Crippen LogP contribution in [0.2, 0.25) is 0 Å². The summed E-state index contributed by atoms with van der Waals surface area (Å²) in [7, 11) is 0. The van der Waals surface area contributed by atoms with Gasteiger partial charge in [0.05, 0.1) is 5.56 Å². The third-order valence-corrected chi connectivity index (χ3v) is 3.63. The summed E-state index contributed by atoms with van der Waals surface area (Å²) < 4.78 is 10.2. The third-order valence-electron chi connectivity index (χ3n) is 2.50. The quantitative estimate of drug-likeness (QED) is 0.447. The minimum absolute atomic E-state index is 0.300. The Bertz CT molecular complexity index is 713. The van der Waals surface area contributed by atoms with Crippen molar-refractivity contribution in [1.82, 2.24) is 0 Å². The Kier molecular flexibility index (Phi) is 2.21. The molecule has 6 heteroatoms. The SMILES string of the molecule is CC(=O)Oc1ccc2c3c(sc2c1)C(=O)OC3=O. The van der Waals surface area contributed by atoms with Gasteiger partial charge in [0.2, 0.25) is 0 Å². The Morgan fingerprint density at radius 1 is 1.28 bits per heavy atom. The number of esters is 3. The van der Waals surface area contributed by atoms with Crippen LogP contribution in [0.25, 0.3) is 10.1 Å². The van der Waals surface area contributed by atoms with Gasteiger partial charge in [0.15, 0.2) is 0 Å². The molecule has 1 aliphatic rings. The van der Waals surface area contributed by atoms with Crippen molar-refractivity contribution in [2.24, 2.45) is 0 Å². The van der Waals surface area contributed by atoms with Crippen molar-refractivity contribution in [2.75, 3.05) is 0 Å². The molecule has 5 nitrogen and oxygen atoms in total. The molecular formula is C12H6O5S. The predicted molar refractivity (Wildman–Crippen MR) is 62.9 cm³/mol. The second kappa shape index (κ2) is 3.64. The summed E-state index contributed by atoms with van der Waals surface area (Å²) in [6, 6.07) is 4.84. The predicted octanol–water partition coefficient (Wildman–Crippen LogP) is 2.14. The first-order chi connectivity index (χ1) is 8.56. The van der Waals surface area contributed by atoms with E-state index in [0.717, 1.165) is 11.3 Å². The maximum Gasteiger partial charge on any atom is 0.357 e. The van der Waals surface area contributed by atoms with Gasteiger partial charge in [0.1, 0.15) is 10.6 Å². The monoisotopic (exact) mass is 262 g/mol. The van der Waals surface area contributed by atoms with E-state index in [0.29, 0.717) is 26.3 Å². The minimum atomic E-state index is -0.624. The minimum Gasteiger partial charge on any atom is -0.427 e. The molecule has 90 valence electrons. The maximum absolute atomic E-state index is 11.5. The molecule has 0 unspecified atom stereocenters. The average molecular weight is 262 g/mol. The summed E-state index contributed by atoms with van der Waals surface area (Å²) in [5.74, 6) is -1.28. The van der Waals surface area contributed by atoms with Crippen molar-refractivity contribution in [2.45, 2.75) is 6.92 Å². The molecule has 2 aromatic rings. The number of hydrogen-bond donors (Lipinski definition) is 0. The van der Waals surface area contributed by atoms with Gasteiger partial charge in [-0.1, -0.05) is 0 Å². The van der Waals surface area contributed by atoms with E-state index < -0.39 is 17.9 Å². The van der Waals surface area contributed by atoms with Gasteiger partial charge in [-0.25, -0.2) is 9.59 Å². The van der Waals surface area contributed by atoms with Crippen molar-refractivity contribution in [3.05, 3.63) is 28.6 Å². The Labute approximate surface area is 105 Å². The Morgan fingerprint density at radius 2 is 2.06 bits per heavy atom. The van der Waals surface area contributed by atoms with Crippen molar-refractivity contribution in [3.8, 4) is 5.75 Å². The van der Waals surface area contributed by atoms with E-state index in [2.05, 4.69) is 4.74 Å². The third kappa shape index (κ3) is 1.50. The van der Waals surface area contributed by atoms with E-state index in [4.69, 9.17) is 4.74 Å². The van der Waals surface area contributed by atoms with E-state index in [-0.39, 0.29) is 0 Å². The average Bonchev–Trinajstić information content (AvgIpc) is 2.77. The summed E-state index contributed by atoms with van der Waals surface area (Å²) in [5, 5.41) is 0.641. The number of benzene rings is 1. The van der Waals surface area contributed by atoms with Crippen LogP contribution in [0.15, 0.2) is 18.2 Å². The lowest BCUT2D eigenvalue weighted by molar-refractivity contribution is -0.131. The number of thiophene rings is 1. The molecule has 0 bridgehead atoms. The fourth-order valence-corrected chi connectivity index (χ4v) is 2.93. The molecule has 0 spiro atoms.